The van der Waals surface area contributed by atoms with Crippen molar-refractivity contribution in [3.63, 3.8) is 0 Å². The lowest BCUT2D eigenvalue weighted by molar-refractivity contribution is -0.128. The van der Waals surface area contributed by atoms with Gasteiger partial charge in [0.2, 0.25) is 0 Å². The van der Waals surface area contributed by atoms with Crippen molar-refractivity contribution in [1.82, 2.24) is 10.6 Å². The third-order valence-corrected chi connectivity index (χ3v) is 3.66. The molecule has 0 spiro atoms. The molecule has 7 heteroatoms. The van der Waals surface area contributed by atoms with Gasteiger partial charge in [-0.1, -0.05) is 0 Å². The van der Waals surface area contributed by atoms with Crippen molar-refractivity contribution in [3.8, 4) is 5.75 Å². The molecule has 0 radical (unpaired) electrons. The molecule has 0 bridgehead atoms. The van der Waals surface area contributed by atoms with Crippen LogP contribution in [0.25, 0.3) is 0 Å². The number of nitrogens with one attached hydrogen (secondary N) is 2. The van der Waals surface area contributed by atoms with Gasteiger partial charge in [0.15, 0.2) is 17.7 Å². The Morgan fingerprint density at radius 2 is 2.14 bits per heavy atom. The maximum Gasteiger partial charge on any atom is 0.261 e. The summed E-state index contributed by atoms with van der Waals surface area (Å²) in [4.78, 5) is 12.1. The summed E-state index contributed by atoms with van der Waals surface area (Å²) in [7, 11) is 0. The molecule has 1 saturated heterocycles. The third-order valence-electron chi connectivity index (χ3n) is 3.66. The van der Waals surface area contributed by atoms with Gasteiger partial charge in [-0.3, -0.25) is 4.79 Å². The number of hydrogen-bond donors (Lipinski definition) is 2. The Bertz CT molecular complexity index is 516. The largest absolute Gasteiger partial charge is 0.481 e. The maximum absolute atomic E-state index is 13.1. The minimum atomic E-state index is -0.995. The monoisotopic (exact) mass is 334 g/mol. The molecule has 1 fully saturated rings. The Kier molecular flexibility index (Phi) is 7.03. The molecule has 4 nitrogen and oxygen atoms in total. The summed E-state index contributed by atoms with van der Waals surface area (Å²) in [6.45, 7) is 4.55. The minimum Gasteiger partial charge on any atom is -0.481 e. The highest BCUT2D eigenvalue weighted by molar-refractivity contribution is 5.85. The second-order valence-electron chi connectivity index (χ2n) is 5.34. The molecule has 1 aliphatic rings. The summed E-state index contributed by atoms with van der Waals surface area (Å²) in [5.41, 5.74) is 0. The molecule has 3 unspecified atom stereocenters. The first-order valence-electron chi connectivity index (χ1n) is 7.13. The Labute approximate surface area is 135 Å². The molecule has 1 aliphatic heterocycles. The van der Waals surface area contributed by atoms with Crippen molar-refractivity contribution in [2.24, 2.45) is 0 Å². The molecular weight excluding hydrogens is 314 g/mol. The molecule has 1 heterocycles. The number of carbonyl (C=O) groups is 1. The van der Waals surface area contributed by atoms with Gasteiger partial charge in [0, 0.05) is 18.2 Å². The first-order chi connectivity index (χ1) is 9.97. The molecular formula is C15H21ClF2N2O2. The van der Waals surface area contributed by atoms with E-state index in [2.05, 4.69) is 10.6 Å². The van der Waals surface area contributed by atoms with Crippen LogP contribution in [0.3, 0.4) is 0 Å². The predicted molar refractivity (Wildman–Crippen MR) is 82.3 cm³/mol. The average molecular weight is 335 g/mol. The summed E-state index contributed by atoms with van der Waals surface area (Å²) < 4.78 is 31.3. The van der Waals surface area contributed by atoms with E-state index in [4.69, 9.17) is 4.74 Å². The quantitative estimate of drug-likeness (QED) is 0.889. The number of piperidine rings is 1. The smallest absolute Gasteiger partial charge is 0.261 e. The Morgan fingerprint density at radius 1 is 1.41 bits per heavy atom. The molecule has 2 N–H and O–H groups in total. The fourth-order valence-electron chi connectivity index (χ4n) is 2.35. The zero-order valence-electron chi connectivity index (χ0n) is 12.6. The Hall–Kier alpha value is -1.40. The fourth-order valence-corrected chi connectivity index (χ4v) is 2.35. The van der Waals surface area contributed by atoms with Gasteiger partial charge in [-0.25, -0.2) is 8.78 Å². The molecule has 2 rings (SSSR count). The molecule has 3 atom stereocenters. The second-order valence-corrected chi connectivity index (χ2v) is 5.34. The van der Waals surface area contributed by atoms with Gasteiger partial charge >= 0.3 is 0 Å². The summed E-state index contributed by atoms with van der Waals surface area (Å²) in [6.07, 6.45) is 1.15. The van der Waals surface area contributed by atoms with Crippen LogP contribution in [0.1, 0.15) is 26.7 Å². The molecule has 124 valence electrons. The molecule has 1 aromatic rings. The zero-order chi connectivity index (χ0) is 15.4. The Morgan fingerprint density at radius 3 is 2.77 bits per heavy atom. The SMILES string of the molecule is CC(Oc1ccc(F)c(F)c1)C(=O)NC1CCCNC1C.Cl. The van der Waals surface area contributed by atoms with Crippen LogP contribution in [-0.4, -0.2) is 30.6 Å². The first-order valence-corrected chi connectivity index (χ1v) is 7.13. The molecule has 0 aromatic heterocycles. The summed E-state index contributed by atoms with van der Waals surface area (Å²) >= 11 is 0. The van der Waals surface area contributed by atoms with Crippen LogP contribution in [0.4, 0.5) is 8.78 Å². The average Bonchev–Trinajstić information content (AvgIpc) is 2.45. The molecule has 1 aromatic carbocycles. The van der Waals surface area contributed by atoms with Crippen molar-refractivity contribution in [2.45, 2.75) is 44.9 Å². The lowest BCUT2D eigenvalue weighted by atomic mass is 10.00. The highest BCUT2D eigenvalue weighted by Gasteiger charge is 2.25. The summed E-state index contributed by atoms with van der Waals surface area (Å²) in [5.74, 6) is -2.07. The topological polar surface area (TPSA) is 50.4 Å². The molecule has 1 amide bonds. The number of benzene rings is 1. The highest BCUT2D eigenvalue weighted by Crippen LogP contribution is 2.17. The van der Waals surface area contributed by atoms with Crippen molar-refractivity contribution >= 4 is 18.3 Å². The van der Waals surface area contributed by atoms with E-state index in [-0.39, 0.29) is 36.1 Å². The second kappa shape index (κ2) is 8.29. The van der Waals surface area contributed by atoms with Crippen LogP contribution in [0, 0.1) is 11.6 Å². The van der Waals surface area contributed by atoms with Crippen molar-refractivity contribution < 1.29 is 18.3 Å². The molecule has 0 aliphatic carbocycles. The van der Waals surface area contributed by atoms with Gasteiger partial charge < -0.3 is 15.4 Å². The fraction of sp³-hybridized carbons (Fsp3) is 0.533. The van der Waals surface area contributed by atoms with E-state index in [1.807, 2.05) is 6.92 Å². The maximum atomic E-state index is 13.1. The number of carbonyl (C=O) groups excluding carboxylic acids is 1. The minimum absolute atomic E-state index is 0. The van der Waals surface area contributed by atoms with Gasteiger partial charge in [0.05, 0.1) is 0 Å². The van der Waals surface area contributed by atoms with E-state index in [1.54, 1.807) is 6.92 Å². The van der Waals surface area contributed by atoms with E-state index >= 15 is 0 Å². The van der Waals surface area contributed by atoms with E-state index in [0.717, 1.165) is 31.5 Å². The standard InChI is InChI=1S/C15H20F2N2O2.ClH/c1-9-14(4-3-7-18-9)19-15(20)10(2)21-11-5-6-12(16)13(17)8-11;/h5-6,8-10,14,18H,3-4,7H2,1-2H3,(H,19,20);1H. The summed E-state index contributed by atoms with van der Waals surface area (Å²) in [5, 5.41) is 6.21. The Balaban J connectivity index is 0.00000242. The first kappa shape index (κ1) is 18.6. The lowest BCUT2D eigenvalue weighted by Crippen LogP contribution is -2.54. The van der Waals surface area contributed by atoms with Crippen molar-refractivity contribution in [1.29, 1.82) is 0 Å². The van der Waals surface area contributed by atoms with Crippen molar-refractivity contribution in [3.05, 3.63) is 29.8 Å². The van der Waals surface area contributed by atoms with Crippen LogP contribution >= 0.6 is 12.4 Å². The van der Waals surface area contributed by atoms with E-state index in [0.29, 0.717) is 0 Å². The number of ether oxygens (including phenoxy) is 1. The van der Waals surface area contributed by atoms with Gasteiger partial charge in [0.25, 0.3) is 5.91 Å². The molecule has 22 heavy (non-hydrogen) atoms. The number of hydrogen-bond acceptors (Lipinski definition) is 3. The van der Waals surface area contributed by atoms with Crippen LogP contribution in [-0.2, 0) is 4.79 Å². The third kappa shape index (κ3) is 4.81. The van der Waals surface area contributed by atoms with Crippen molar-refractivity contribution in [2.75, 3.05) is 6.54 Å². The van der Waals surface area contributed by atoms with Crippen LogP contribution in [0.5, 0.6) is 5.75 Å². The highest BCUT2D eigenvalue weighted by atomic mass is 35.5. The molecule has 0 saturated carbocycles. The zero-order valence-corrected chi connectivity index (χ0v) is 13.4. The number of rotatable bonds is 4. The normalized spacial score (nSPS) is 22.4. The van der Waals surface area contributed by atoms with E-state index < -0.39 is 17.7 Å². The van der Waals surface area contributed by atoms with Crippen LogP contribution in [0.2, 0.25) is 0 Å². The van der Waals surface area contributed by atoms with Crippen LogP contribution < -0.4 is 15.4 Å². The lowest BCUT2D eigenvalue weighted by Gasteiger charge is -2.31. The van der Waals surface area contributed by atoms with E-state index in [1.165, 1.54) is 6.07 Å². The van der Waals surface area contributed by atoms with E-state index in [9.17, 15) is 13.6 Å². The summed E-state index contributed by atoms with van der Waals surface area (Å²) in [6, 6.07) is 3.47. The number of halogens is 3. The predicted octanol–water partition coefficient (Wildman–Crippen LogP) is 2.41. The van der Waals surface area contributed by atoms with Crippen LogP contribution in [0.15, 0.2) is 18.2 Å². The number of amides is 1. The van der Waals surface area contributed by atoms with Gasteiger partial charge in [-0.2, -0.15) is 0 Å². The van der Waals surface area contributed by atoms with Gasteiger partial charge in [-0.05, 0) is 45.4 Å². The van der Waals surface area contributed by atoms with Gasteiger partial charge in [0.1, 0.15) is 5.75 Å². The van der Waals surface area contributed by atoms with Gasteiger partial charge in [-0.15, -0.1) is 12.4 Å².